The van der Waals surface area contributed by atoms with Crippen LogP contribution >= 0.6 is 11.3 Å². The molecule has 0 bridgehead atoms. The minimum Gasteiger partial charge on any atom is -0.494 e. The Labute approximate surface area is 247 Å². The summed E-state index contributed by atoms with van der Waals surface area (Å²) in [6.07, 6.45) is 5.68. The summed E-state index contributed by atoms with van der Waals surface area (Å²) in [7, 11) is 0. The highest BCUT2D eigenvalue weighted by Crippen LogP contribution is 2.28. The standard InChI is InChI=1S/C35H27N3O3S/c1-3-41-30-14-13-27-21-26(10-12-28(27)22-30)9-8-25-11-17-33(24(2)20-25)37-23-29-6-4-5-7-32(29)36-34(37)18-15-31-16-19-35(42-31)38(39)40/h4-7,10-23,34H,3H2,1-2H3. The first-order valence-electron chi connectivity index (χ1n) is 13.6. The third-order valence-electron chi connectivity index (χ3n) is 6.95. The number of ether oxygens (including phenoxy) is 1. The van der Waals surface area contributed by atoms with Crippen molar-refractivity contribution in [2.75, 3.05) is 11.5 Å². The number of hydrogen-bond acceptors (Lipinski definition) is 6. The molecular weight excluding hydrogens is 542 g/mol. The monoisotopic (exact) mass is 569 g/mol. The number of thiophene rings is 1. The average Bonchev–Trinajstić information content (AvgIpc) is 3.48. The van der Waals surface area contributed by atoms with Gasteiger partial charge in [-0.3, -0.25) is 15.1 Å². The number of benzene rings is 4. The van der Waals surface area contributed by atoms with E-state index in [1.54, 1.807) is 6.07 Å². The zero-order valence-electron chi connectivity index (χ0n) is 23.2. The van der Waals surface area contributed by atoms with Gasteiger partial charge in [-0.15, -0.1) is 0 Å². The minimum atomic E-state index is -0.366. The summed E-state index contributed by atoms with van der Waals surface area (Å²) in [5.41, 5.74) is 3.96. The van der Waals surface area contributed by atoms with Gasteiger partial charge < -0.3 is 9.64 Å². The lowest BCUT2D eigenvalue weighted by Crippen LogP contribution is -2.41. The van der Waals surface area contributed by atoms with Crippen molar-refractivity contribution in [1.82, 2.24) is 0 Å². The largest absolute Gasteiger partial charge is 0.494 e. The van der Waals surface area contributed by atoms with Crippen LogP contribution in [0.2, 0.25) is 0 Å². The zero-order valence-corrected chi connectivity index (χ0v) is 24.0. The summed E-state index contributed by atoms with van der Waals surface area (Å²) in [5, 5.41) is 15.4. The third-order valence-corrected chi connectivity index (χ3v) is 7.95. The average molecular weight is 570 g/mol. The molecule has 6 rings (SSSR count). The molecule has 1 aliphatic rings. The predicted octanol–water partition coefficient (Wildman–Crippen LogP) is 6.83. The van der Waals surface area contributed by atoms with E-state index in [0.717, 1.165) is 65.7 Å². The highest BCUT2D eigenvalue weighted by molar-refractivity contribution is 7.16. The van der Waals surface area contributed by atoms with Gasteiger partial charge in [-0.05, 0) is 96.9 Å². The van der Waals surface area contributed by atoms with Gasteiger partial charge in [0.25, 0.3) is 0 Å². The SMILES string of the molecule is CCOc1ccc2cc(C#Cc3ccc(N4C=c5ccccc5=NC4C=Cc4ccc([N+](=O)[O-])s4)c(C)c3)ccc2c1. The van der Waals surface area contributed by atoms with Crippen LogP contribution in [-0.4, -0.2) is 17.7 Å². The Balaban J connectivity index is 1.28. The van der Waals surface area contributed by atoms with E-state index in [-0.39, 0.29) is 16.1 Å². The summed E-state index contributed by atoms with van der Waals surface area (Å²) < 4.78 is 5.62. The summed E-state index contributed by atoms with van der Waals surface area (Å²) in [6, 6.07) is 29.8. The molecule has 0 saturated carbocycles. The van der Waals surface area contributed by atoms with Crippen molar-refractivity contribution in [3.8, 4) is 17.6 Å². The highest BCUT2D eigenvalue weighted by Gasteiger charge is 2.19. The van der Waals surface area contributed by atoms with Crippen molar-refractivity contribution >= 4 is 45.1 Å². The lowest BCUT2D eigenvalue weighted by atomic mass is 10.1. The molecule has 1 aromatic heterocycles. The molecule has 5 aromatic rings. The Hall–Kier alpha value is -5.19. The molecule has 0 radical (unpaired) electrons. The smallest absolute Gasteiger partial charge is 0.324 e. The number of rotatable bonds is 6. The Morgan fingerprint density at radius 1 is 0.976 bits per heavy atom. The van der Waals surface area contributed by atoms with Crippen molar-refractivity contribution in [1.29, 1.82) is 0 Å². The molecule has 0 aliphatic carbocycles. The van der Waals surface area contributed by atoms with Crippen LogP contribution in [0.25, 0.3) is 23.0 Å². The van der Waals surface area contributed by atoms with Gasteiger partial charge in [0.1, 0.15) is 11.9 Å². The Bertz CT molecular complexity index is 2030. The molecule has 1 aliphatic heterocycles. The van der Waals surface area contributed by atoms with E-state index in [0.29, 0.717) is 6.61 Å². The summed E-state index contributed by atoms with van der Waals surface area (Å²) in [6.45, 7) is 4.70. The molecule has 1 unspecified atom stereocenters. The molecule has 0 amide bonds. The quantitative estimate of drug-likeness (QED) is 0.128. The van der Waals surface area contributed by atoms with Crippen molar-refractivity contribution in [2.24, 2.45) is 4.99 Å². The first-order chi connectivity index (χ1) is 20.5. The summed E-state index contributed by atoms with van der Waals surface area (Å²) >= 11 is 1.15. The van der Waals surface area contributed by atoms with Crippen LogP contribution in [0.1, 0.15) is 28.5 Å². The van der Waals surface area contributed by atoms with Crippen LogP contribution in [0.5, 0.6) is 5.75 Å². The van der Waals surface area contributed by atoms with Gasteiger partial charge in [0.15, 0.2) is 0 Å². The molecule has 0 N–H and O–H groups in total. The molecule has 0 spiro atoms. The van der Waals surface area contributed by atoms with E-state index < -0.39 is 0 Å². The van der Waals surface area contributed by atoms with Gasteiger partial charge in [0.05, 0.1) is 16.9 Å². The van der Waals surface area contributed by atoms with Gasteiger partial charge in [0.2, 0.25) is 0 Å². The van der Waals surface area contributed by atoms with Crippen molar-refractivity contribution in [3.63, 3.8) is 0 Å². The van der Waals surface area contributed by atoms with Crippen LogP contribution in [0.15, 0.2) is 102 Å². The number of nitrogens with zero attached hydrogens (tertiary/aromatic N) is 3. The van der Waals surface area contributed by atoms with Crippen LogP contribution < -0.4 is 20.2 Å². The molecule has 4 aromatic carbocycles. The van der Waals surface area contributed by atoms with Gasteiger partial charge in [0, 0.05) is 39.2 Å². The maximum atomic E-state index is 11.1. The summed E-state index contributed by atoms with van der Waals surface area (Å²) in [5.74, 6) is 7.50. The molecule has 7 heteroatoms. The second-order valence-corrected chi connectivity index (χ2v) is 10.9. The van der Waals surface area contributed by atoms with E-state index in [2.05, 4.69) is 60.2 Å². The lowest BCUT2D eigenvalue weighted by molar-refractivity contribution is -0.380. The first-order valence-corrected chi connectivity index (χ1v) is 14.4. The van der Waals surface area contributed by atoms with Crippen LogP contribution in [-0.2, 0) is 0 Å². The fraction of sp³-hybridized carbons (Fsp3) is 0.114. The Morgan fingerprint density at radius 3 is 2.52 bits per heavy atom. The second-order valence-electron chi connectivity index (χ2n) is 9.84. The van der Waals surface area contributed by atoms with Crippen molar-refractivity contribution in [3.05, 3.63) is 139 Å². The molecule has 0 saturated heterocycles. The van der Waals surface area contributed by atoms with Crippen LogP contribution in [0.3, 0.4) is 0 Å². The first kappa shape index (κ1) is 27.0. The predicted molar refractivity (Wildman–Crippen MR) is 170 cm³/mol. The minimum absolute atomic E-state index is 0.121. The number of hydrogen-bond donors (Lipinski definition) is 0. The van der Waals surface area contributed by atoms with E-state index in [9.17, 15) is 10.1 Å². The van der Waals surface area contributed by atoms with E-state index >= 15 is 0 Å². The topological polar surface area (TPSA) is 68.0 Å². The molecular formula is C35H27N3O3S. The van der Waals surface area contributed by atoms with Crippen LogP contribution in [0, 0.1) is 28.9 Å². The molecule has 2 heterocycles. The van der Waals surface area contributed by atoms with Gasteiger partial charge in [-0.2, -0.15) is 0 Å². The third kappa shape index (κ3) is 5.80. The normalized spacial score (nSPS) is 14.0. The molecule has 206 valence electrons. The Morgan fingerprint density at radius 2 is 1.74 bits per heavy atom. The van der Waals surface area contributed by atoms with E-state index in [4.69, 9.17) is 9.73 Å². The maximum Gasteiger partial charge on any atom is 0.324 e. The van der Waals surface area contributed by atoms with E-state index in [1.165, 1.54) is 6.07 Å². The van der Waals surface area contributed by atoms with E-state index in [1.807, 2.05) is 67.6 Å². The summed E-state index contributed by atoms with van der Waals surface area (Å²) in [4.78, 5) is 18.7. The molecule has 1 atom stereocenters. The lowest BCUT2D eigenvalue weighted by Gasteiger charge is -2.29. The highest BCUT2D eigenvalue weighted by atomic mass is 32.1. The fourth-order valence-corrected chi connectivity index (χ4v) is 5.66. The van der Waals surface area contributed by atoms with Gasteiger partial charge in [-0.25, -0.2) is 0 Å². The number of nitro groups is 1. The van der Waals surface area contributed by atoms with Crippen molar-refractivity contribution < 1.29 is 9.66 Å². The maximum absolute atomic E-state index is 11.1. The Kier molecular flexibility index (Phi) is 7.54. The van der Waals surface area contributed by atoms with Gasteiger partial charge in [-0.1, -0.05) is 53.5 Å². The molecule has 0 fully saturated rings. The number of anilines is 1. The van der Waals surface area contributed by atoms with Crippen LogP contribution in [0.4, 0.5) is 10.7 Å². The second kappa shape index (κ2) is 11.7. The van der Waals surface area contributed by atoms with Crippen molar-refractivity contribution in [2.45, 2.75) is 20.0 Å². The number of para-hydroxylation sites is 1. The zero-order chi connectivity index (χ0) is 29.1. The van der Waals surface area contributed by atoms with Gasteiger partial charge >= 0.3 is 5.00 Å². The fourth-order valence-electron chi connectivity index (χ4n) is 4.93. The molecule has 6 nitrogen and oxygen atoms in total. The molecule has 42 heavy (non-hydrogen) atoms. The number of fused-ring (bicyclic) bond motifs is 2. The number of aryl methyl sites for hydroxylation is 1.